The van der Waals surface area contributed by atoms with Crippen LogP contribution in [0.2, 0.25) is 0 Å². The van der Waals surface area contributed by atoms with E-state index in [0.29, 0.717) is 11.4 Å². The maximum absolute atomic E-state index is 12.0. The lowest BCUT2D eigenvalue weighted by Gasteiger charge is -2.15. The molecule has 0 unspecified atom stereocenters. The first-order valence-corrected chi connectivity index (χ1v) is 7.48. The third-order valence-electron chi connectivity index (χ3n) is 3.46. The predicted molar refractivity (Wildman–Crippen MR) is 94.2 cm³/mol. The first-order chi connectivity index (χ1) is 12.1. The molecule has 0 spiro atoms. The molecule has 0 saturated heterocycles. The number of esters is 2. The third-order valence-corrected chi connectivity index (χ3v) is 3.46. The van der Waals surface area contributed by atoms with Gasteiger partial charge >= 0.3 is 11.9 Å². The maximum atomic E-state index is 12.0. The van der Waals surface area contributed by atoms with Crippen molar-refractivity contribution >= 4 is 17.6 Å². The lowest BCUT2D eigenvalue weighted by atomic mass is 10.0. The highest BCUT2D eigenvalue weighted by atomic mass is 16.5. The smallest absolute Gasteiger partial charge is 0.354 e. The van der Waals surface area contributed by atoms with Gasteiger partial charge in [0.2, 0.25) is 0 Å². The number of anilines is 1. The molecule has 2 aromatic rings. The van der Waals surface area contributed by atoms with Gasteiger partial charge < -0.3 is 19.5 Å². The Morgan fingerprint density at radius 1 is 0.880 bits per heavy atom. The molecule has 0 aliphatic carbocycles. The van der Waals surface area contributed by atoms with Gasteiger partial charge in [0.05, 0.1) is 27.4 Å². The minimum absolute atomic E-state index is 0.0308. The topological polar surface area (TPSA) is 73.9 Å². The number of nitrogens with one attached hydrogen (secondary N) is 1. The molecular formula is C19H19NO5. The van der Waals surface area contributed by atoms with E-state index in [9.17, 15) is 9.59 Å². The van der Waals surface area contributed by atoms with Crippen molar-refractivity contribution in [3.05, 3.63) is 60.3 Å². The predicted octanol–water partition coefficient (Wildman–Crippen LogP) is 3.00. The van der Waals surface area contributed by atoms with Crippen molar-refractivity contribution in [2.24, 2.45) is 0 Å². The number of methoxy groups -OCH3 is 3. The van der Waals surface area contributed by atoms with Crippen molar-refractivity contribution in [1.82, 2.24) is 0 Å². The van der Waals surface area contributed by atoms with Crippen molar-refractivity contribution in [2.75, 3.05) is 26.6 Å². The van der Waals surface area contributed by atoms with E-state index in [0.717, 1.165) is 17.2 Å². The second-order valence-electron chi connectivity index (χ2n) is 4.94. The third kappa shape index (κ3) is 4.38. The van der Waals surface area contributed by atoms with Gasteiger partial charge in [0.25, 0.3) is 0 Å². The first-order valence-electron chi connectivity index (χ1n) is 7.48. The molecule has 0 aliphatic rings. The van der Waals surface area contributed by atoms with Crippen LogP contribution >= 0.6 is 0 Å². The van der Waals surface area contributed by atoms with Gasteiger partial charge in [-0.25, -0.2) is 9.59 Å². The van der Waals surface area contributed by atoms with Gasteiger partial charge in [-0.3, -0.25) is 0 Å². The van der Waals surface area contributed by atoms with E-state index in [-0.39, 0.29) is 5.70 Å². The van der Waals surface area contributed by atoms with Gasteiger partial charge in [0.1, 0.15) is 11.4 Å². The molecule has 0 atom stereocenters. The summed E-state index contributed by atoms with van der Waals surface area (Å²) in [5, 5.41) is 2.94. The summed E-state index contributed by atoms with van der Waals surface area (Å²) in [6, 6.07) is 14.9. The fourth-order valence-electron chi connectivity index (χ4n) is 2.27. The van der Waals surface area contributed by atoms with Crippen LogP contribution in [0.15, 0.2) is 60.3 Å². The summed E-state index contributed by atoms with van der Waals surface area (Å²) in [5.74, 6) is -0.656. The van der Waals surface area contributed by atoms with Crippen LogP contribution in [0.4, 0.5) is 5.69 Å². The van der Waals surface area contributed by atoms with E-state index < -0.39 is 11.9 Å². The summed E-state index contributed by atoms with van der Waals surface area (Å²) in [4.78, 5) is 23.5. The molecule has 2 aromatic carbocycles. The number of hydrogen-bond donors (Lipinski definition) is 1. The van der Waals surface area contributed by atoms with Gasteiger partial charge in [0.15, 0.2) is 0 Å². The minimum atomic E-state index is -0.680. The number of ether oxygens (including phenoxy) is 3. The lowest BCUT2D eigenvalue weighted by Crippen LogP contribution is -2.16. The van der Waals surface area contributed by atoms with Crippen LogP contribution in [0.25, 0.3) is 11.1 Å². The Morgan fingerprint density at radius 3 is 2.16 bits per heavy atom. The van der Waals surface area contributed by atoms with Gasteiger partial charge in [-0.2, -0.15) is 0 Å². The van der Waals surface area contributed by atoms with Crippen LogP contribution in [0.1, 0.15) is 0 Å². The van der Waals surface area contributed by atoms with E-state index >= 15 is 0 Å². The summed E-state index contributed by atoms with van der Waals surface area (Å²) in [7, 11) is 4.06. The normalized spacial score (nSPS) is 10.8. The second-order valence-corrected chi connectivity index (χ2v) is 4.94. The molecule has 0 fully saturated rings. The minimum Gasteiger partial charge on any atom is -0.496 e. The molecule has 0 aliphatic heterocycles. The summed E-state index contributed by atoms with van der Waals surface area (Å²) in [5.41, 5.74) is 2.24. The van der Waals surface area contributed by atoms with Gasteiger partial charge in [-0.05, 0) is 12.1 Å². The van der Waals surface area contributed by atoms with Crippen molar-refractivity contribution in [3.8, 4) is 16.9 Å². The Labute approximate surface area is 146 Å². The largest absolute Gasteiger partial charge is 0.496 e. The van der Waals surface area contributed by atoms with Gasteiger partial charge in [-0.15, -0.1) is 0 Å². The summed E-state index contributed by atoms with van der Waals surface area (Å²) in [6.07, 6.45) is 1.05. The molecule has 6 heteroatoms. The lowest BCUT2D eigenvalue weighted by molar-refractivity contribution is -0.138. The number of para-hydroxylation sites is 2. The van der Waals surface area contributed by atoms with E-state index in [1.54, 1.807) is 13.2 Å². The van der Waals surface area contributed by atoms with Crippen molar-refractivity contribution in [2.45, 2.75) is 0 Å². The number of carbonyl (C=O) groups is 2. The van der Waals surface area contributed by atoms with Crippen LogP contribution in [0.5, 0.6) is 5.75 Å². The Kier molecular flexibility index (Phi) is 6.17. The molecule has 0 bridgehead atoms. The fourth-order valence-corrected chi connectivity index (χ4v) is 2.27. The van der Waals surface area contributed by atoms with Crippen molar-refractivity contribution in [1.29, 1.82) is 0 Å². The molecule has 1 N–H and O–H groups in total. The van der Waals surface area contributed by atoms with E-state index in [2.05, 4.69) is 10.1 Å². The van der Waals surface area contributed by atoms with E-state index in [4.69, 9.17) is 9.47 Å². The van der Waals surface area contributed by atoms with Crippen molar-refractivity contribution < 1.29 is 23.8 Å². The van der Waals surface area contributed by atoms with Crippen LogP contribution in [-0.2, 0) is 19.1 Å². The number of rotatable bonds is 6. The van der Waals surface area contributed by atoms with E-state index in [1.807, 2.05) is 42.5 Å². The Morgan fingerprint density at radius 2 is 1.52 bits per heavy atom. The highest BCUT2D eigenvalue weighted by Gasteiger charge is 2.16. The van der Waals surface area contributed by atoms with Crippen LogP contribution < -0.4 is 10.1 Å². The standard InChI is InChI=1S/C19H19NO5/c1-23-17-11-7-5-9-14(17)13-8-4-6-10-15(13)20-16(19(22)25-3)12-18(21)24-2/h4-12,20H,1-3H3/b16-12+. The average molecular weight is 341 g/mol. The SMILES string of the molecule is COC(=O)/C=C(/Nc1ccccc1-c1ccccc1OC)C(=O)OC. The number of carbonyl (C=O) groups excluding carboxylic acids is 2. The first kappa shape index (κ1) is 18.1. The maximum Gasteiger partial charge on any atom is 0.354 e. The summed E-state index contributed by atoms with van der Waals surface area (Å²) in [6.45, 7) is 0. The number of hydrogen-bond acceptors (Lipinski definition) is 6. The molecule has 0 aromatic heterocycles. The average Bonchev–Trinajstić information content (AvgIpc) is 2.67. The van der Waals surface area contributed by atoms with Crippen LogP contribution in [-0.4, -0.2) is 33.3 Å². The summed E-state index contributed by atoms with van der Waals surface area (Å²) < 4.78 is 14.7. The zero-order chi connectivity index (χ0) is 18.2. The van der Waals surface area contributed by atoms with Gasteiger partial charge in [-0.1, -0.05) is 36.4 Å². The highest BCUT2D eigenvalue weighted by Crippen LogP contribution is 2.35. The van der Waals surface area contributed by atoms with E-state index in [1.165, 1.54) is 14.2 Å². The molecule has 6 nitrogen and oxygen atoms in total. The quantitative estimate of drug-likeness (QED) is 0.643. The zero-order valence-corrected chi connectivity index (χ0v) is 14.2. The Balaban J connectivity index is 2.48. The van der Waals surface area contributed by atoms with Crippen LogP contribution in [0.3, 0.4) is 0 Å². The monoisotopic (exact) mass is 341 g/mol. The molecule has 130 valence electrons. The molecule has 2 rings (SSSR count). The number of benzene rings is 2. The molecule has 0 amide bonds. The fraction of sp³-hybridized carbons (Fsp3) is 0.158. The Bertz CT molecular complexity index is 798. The van der Waals surface area contributed by atoms with Crippen molar-refractivity contribution in [3.63, 3.8) is 0 Å². The highest BCUT2D eigenvalue weighted by molar-refractivity contribution is 6.00. The molecule has 25 heavy (non-hydrogen) atoms. The Hall–Kier alpha value is -3.28. The summed E-state index contributed by atoms with van der Waals surface area (Å²) >= 11 is 0. The van der Waals surface area contributed by atoms with Gasteiger partial charge in [0, 0.05) is 16.8 Å². The molecular weight excluding hydrogens is 322 g/mol. The van der Waals surface area contributed by atoms with Crippen LogP contribution in [0, 0.1) is 0 Å². The molecule has 0 heterocycles. The second kappa shape index (κ2) is 8.54. The molecule has 0 radical (unpaired) electrons. The zero-order valence-electron chi connectivity index (χ0n) is 14.2. The molecule has 0 saturated carbocycles.